The molecule has 0 atom stereocenters. The van der Waals surface area contributed by atoms with E-state index in [1.807, 2.05) is 60.7 Å². The van der Waals surface area contributed by atoms with Gasteiger partial charge in [-0.15, -0.1) is 0 Å². The molecular weight excluding hydrogens is 944 g/mol. The van der Waals surface area contributed by atoms with Gasteiger partial charge in [-0.1, -0.05) is 176 Å². The van der Waals surface area contributed by atoms with Crippen LogP contribution in [-0.4, -0.2) is 35.2 Å². The predicted molar refractivity (Wildman–Crippen MR) is 321 cm³/mol. The molecule has 12 aromatic rings. The number of anilines is 7. The number of benzene rings is 12. The van der Waals surface area contributed by atoms with Crippen LogP contribution >= 0.6 is 0 Å². The maximum Gasteiger partial charge on any atom is 0.524 e. The van der Waals surface area contributed by atoms with E-state index in [1.165, 1.54) is 0 Å². The second kappa shape index (κ2) is 18.3. The Balaban J connectivity index is 0.000000811. The number of hydrogen-bond acceptors (Lipinski definition) is 8. The highest BCUT2D eigenvalue weighted by Crippen LogP contribution is 2.46. The first-order chi connectivity index (χ1) is 38.2. The van der Waals surface area contributed by atoms with Gasteiger partial charge in [-0.3, -0.25) is 0 Å². The minimum Gasteiger partial charge on any atom is -0.536 e. The molecule has 0 fully saturated rings. The fourth-order valence-corrected chi connectivity index (χ4v) is 12.1. The third-order valence-corrected chi connectivity index (χ3v) is 15.5. The molecule has 0 saturated heterocycles. The molecule has 4 aliphatic heterocycles. The highest BCUT2D eigenvalue weighted by atomic mass is 16.5. The third-order valence-electron chi connectivity index (χ3n) is 15.5. The van der Waals surface area contributed by atoms with Crippen LogP contribution in [-0.2, 0) is 0 Å². The summed E-state index contributed by atoms with van der Waals surface area (Å²) in [4.78, 5) is 9.26. The topological polar surface area (TPSA) is 49.9 Å². The molecule has 4 aliphatic rings. The SMILES string of the molecule is CN1B(c2cc(B3Oc4ccccc4N3c3ccccc3)c3ccc4c(B5Oc6ccccc6N5c5ccccc5)cc(B5Oc6ccccc6N5c5ccccc5)c5ccc2c3c54)Oc2ccccc21.c1ccccc1. The normalized spacial score (nSPS) is 14.0. The lowest BCUT2D eigenvalue weighted by atomic mass is 9.59. The van der Waals surface area contributed by atoms with Crippen molar-refractivity contribution in [2.24, 2.45) is 0 Å². The van der Waals surface area contributed by atoms with Gasteiger partial charge in [0.1, 0.15) is 23.0 Å². The Morgan fingerprint density at radius 1 is 0.260 bits per heavy atom. The van der Waals surface area contributed by atoms with Crippen molar-refractivity contribution in [3.8, 4) is 23.0 Å². The maximum absolute atomic E-state index is 7.22. The summed E-state index contributed by atoms with van der Waals surface area (Å²) in [6, 6.07) is 91.0. The predicted octanol–water partition coefficient (Wildman–Crippen LogP) is 12.3. The minimum atomic E-state index is -0.522. The molecule has 362 valence electrons. The molecule has 16 rings (SSSR count). The molecule has 0 radical (unpaired) electrons. The smallest absolute Gasteiger partial charge is 0.524 e. The molecule has 77 heavy (non-hydrogen) atoms. The summed E-state index contributed by atoms with van der Waals surface area (Å²) in [6.07, 6.45) is 0. The second-order valence-electron chi connectivity index (χ2n) is 19.8. The Morgan fingerprint density at radius 2 is 0.506 bits per heavy atom. The van der Waals surface area contributed by atoms with Gasteiger partial charge in [0, 0.05) is 17.1 Å². The van der Waals surface area contributed by atoms with E-state index in [0.717, 1.165) is 117 Å². The van der Waals surface area contributed by atoms with Gasteiger partial charge in [-0.2, -0.15) is 0 Å². The van der Waals surface area contributed by atoms with Crippen molar-refractivity contribution in [1.82, 2.24) is 0 Å². The van der Waals surface area contributed by atoms with E-state index in [2.05, 4.69) is 226 Å². The van der Waals surface area contributed by atoms with E-state index < -0.39 is 28.2 Å². The van der Waals surface area contributed by atoms with Crippen LogP contribution in [0.1, 0.15) is 0 Å². The standard InChI is InChI=1S/C59H40B4N4O4.C6H6/c1-64-50-25-11-15-29-54(50)68-60(64)46-37-47(61-65(39-19-5-2-6-20-39)51-26-12-16-30-55(51)69-61)43-35-36-45-49(63-67(41-23-9-4-10-24-41)53-28-14-18-32-57(53)71-63)38-48(44-34-33-42(46)58(43)59(44)45)62-66(40-21-7-3-8-22-40)52-27-13-17-31-56(52)70-62;1-2-4-6-5-3-1/h2-38H,1H3;1-6H. The average Bonchev–Trinajstić information content (AvgIpc) is 4.36. The summed E-state index contributed by atoms with van der Waals surface area (Å²) < 4.78 is 28.6. The van der Waals surface area contributed by atoms with Gasteiger partial charge in [-0.25, -0.2) is 0 Å². The largest absolute Gasteiger partial charge is 0.536 e. The molecule has 8 nitrogen and oxygen atoms in total. The van der Waals surface area contributed by atoms with Crippen molar-refractivity contribution in [1.29, 1.82) is 0 Å². The van der Waals surface area contributed by atoms with Crippen LogP contribution < -0.4 is 59.7 Å². The van der Waals surface area contributed by atoms with Crippen LogP contribution in [0.5, 0.6) is 23.0 Å². The fourth-order valence-electron chi connectivity index (χ4n) is 12.1. The van der Waals surface area contributed by atoms with Gasteiger partial charge in [0.25, 0.3) is 0 Å². The number of hydrogen-bond donors (Lipinski definition) is 0. The Bertz CT molecular complexity index is 4020. The van der Waals surface area contributed by atoms with Crippen molar-refractivity contribution in [2.45, 2.75) is 0 Å². The highest BCUT2D eigenvalue weighted by Gasteiger charge is 2.48. The van der Waals surface area contributed by atoms with Crippen LogP contribution in [0.25, 0.3) is 32.3 Å². The summed E-state index contributed by atoms with van der Waals surface area (Å²) in [5.74, 6) is 3.34. The van der Waals surface area contributed by atoms with Gasteiger partial charge < -0.3 is 37.9 Å². The van der Waals surface area contributed by atoms with E-state index in [-0.39, 0.29) is 0 Å². The van der Waals surface area contributed by atoms with E-state index in [1.54, 1.807) is 0 Å². The van der Waals surface area contributed by atoms with Gasteiger partial charge in [-0.05, 0) is 146 Å². The molecule has 0 aliphatic carbocycles. The third kappa shape index (κ3) is 7.27. The van der Waals surface area contributed by atoms with Crippen molar-refractivity contribution >= 4 is 122 Å². The number of rotatable bonds is 7. The van der Waals surface area contributed by atoms with Crippen LogP contribution in [0.15, 0.2) is 261 Å². The molecule has 0 amide bonds. The van der Waals surface area contributed by atoms with Crippen LogP contribution in [0.3, 0.4) is 0 Å². The molecular formula is C65H46B4N4O4. The van der Waals surface area contributed by atoms with Gasteiger partial charge in [0.05, 0.1) is 22.7 Å². The van der Waals surface area contributed by atoms with Gasteiger partial charge in [0.2, 0.25) is 0 Å². The first-order valence-electron chi connectivity index (χ1n) is 26.2. The molecule has 0 unspecified atom stereocenters. The van der Waals surface area contributed by atoms with E-state index in [4.69, 9.17) is 18.6 Å². The monoisotopic (exact) mass is 990 g/mol. The molecule has 4 heterocycles. The Labute approximate surface area is 448 Å². The van der Waals surface area contributed by atoms with Crippen molar-refractivity contribution in [2.75, 3.05) is 26.3 Å². The summed E-state index contributed by atoms with van der Waals surface area (Å²) in [7, 11) is 0.153. The lowest BCUT2D eigenvalue weighted by Crippen LogP contribution is -2.53. The first kappa shape index (κ1) is 44.8. The molecule has 12 heteroatoms. The maximum atomic E-state index is 7.22. The minimum absolute atomic E-state index is 0.425. The Kier molecular flexibility index (Phi) is 10.7. The molecule has 0 N–H and O–H groups in total. The fraction of sp³-hybridized carbons (Fsp3) is 0.0154. The second-order valence-corrected chi connectivity index (χ2v) is 19.8. The Hall–Kier alpha value is -9.66. The lowest BCUT2D eigenvalue weighted by molar-refractivity contribution is 0.602. The van der Waals surface area contributed by atoms with Crippen LogP contribution in [0, 0.1) is 0 Å². The number of para-hydroxylation sites is 11. The zero-order chi connectivity index (χ0) is 51.0. The Morgan fingerprint density at radius 3 is 0.831 bits per heavy atom. The molecule has 12 aromatic carbocycles. The molecule has 0 bridgehead atoms. The van der Waals surface area contributed by atoms with Gasteiger partial charge in [0.15, 0.2) is 0 Å². The average molecular weight is 990 g/mol. The zero-order valence-corrected chi connectivity index (χ0v) is 42.1. The molecule has 0 saturated carbocycles. The van der Waals surface area contributed by atoms with Gasteiger partial charge >= 0.3 is 28.2 Å². The summed E-state index contributed by atoms with van der Waals surface area (Å²) in [5, 5.41) is 6.61. The number of fused-ring (bicyclic) bond motifs is 4. The summed E-state index contributed by atoms with van der Waals surface area (Å²) in [5.41, 5.74) is 11.3. The molecule has 0 aromatic heterocycles. The van der Waals surface area contributed by atoms with Crippen molar-refractivity contribution in [3.05, 3.63) is 261 Å². The van der Waals surface area contributed by atoms with Crippen LogP contribution in [0.4, 0.5) is 39.8 Å². The van der Waals surface area contributed by atoms with Crippen molar-refractivity contribution in [3.63, 3.8) is 0 Å². The van der Waals surface area contributed by atoms with E-state index in [0.29, 0.717) is 0 Å². The number of nitrogens with zero attached hydrogens (tertiary/aromatic N) is 4. The lowest BCUT2D eigenvalue weighted by Gasteiger charge is -2.29. The summed E-state index contributed by atoms with van der Waals surface area (Å²) >= 11 is 0. The highest BCUT2D eigenvalue weighted by molar-refractivity contribution is 6.83. The van der Waals surface area contributed by atoms with E-state index >= 15 is 0 Å². The van der Waals surface area contributed by atoms with Crippen LogP contribution in [0.2, 0.25) is 0 Å². The quantitative estimate of drug-likeness (QED) is 0.116. The van der Waals surface area contributed by atoms with E-state index in [9.17, 15) is 0 Å². The first-order valence-corrected chi connectivity index (χ1v) is 26.2. The molecule has 0 spiro atoms. The zero-order valence-electron chi connectivity index (χ0n) is 42.1. The van der Waals surface area contributed by atoms with Crippen molar-refractivity contribution < 1.29 is 18.6 Å². The summed E-state index contributed by atoms with van der Waals surface area (Å²) in [6.45, 7) is 0.